The van der Waals surface area contributed by atoms with Gasteiger partial charge in [-0.2, -0.15) is 5.10 Å². The van der Waals surface area contributed by atoms with E-state index < -0.39 is 9.84 Å². The summed E-state index contributed by atoms with van der Waals surface area (Å²) in [6.45, 7) is 4.48. The second kappa shape index (κ2) is 5.45. The maximum atomic E-state index is 11.5. The van der Waals surface area contributed by atoms with Crippen molar-refractivity contribution in [3.05, 3.63) is 18.0 Å². The van der Waals surface area contributed by atoms with E-state index in [0.717, 1.165) is 5.69 Å². The molecular formula is C10H19N3O2S. The Labute approximate surface area is 96.8 Å². The third kappa shape index (κ3) is 3.94. The van der Waals surface area contributed by atoms with E-state index in [1.807, 2.05) is 19.3 Å². The lowest BCUT2D eigenvalue weighted by Gasteiger charge is -2.07. The molecular weight excluding hydrogens is 226 g/mol. The standard InChI is InChI=1S/C10H19N3O2S/c1-9(2)16(14,15)7-5-11-8-10-4-6-13(3)12-10/h4,6,9,11H,5,7-8H2,1-3H3. The van der Waals surface area contributed by atoms with Crippen molar-refractivity contribution in [3.63, 3.8) is 0 Å². The van der Waals surface area contributed by atoms with Crippen LogP contribution in [0.4, 0.5) is 0 Å². The van der Waals surface area contributed by atoms with E-state index in [4.69, 9.17) is 0 Å². The number of sulfone groups is 1. The molecule has 0 unspecified atom stereocenters. The fraction of sp³-hybridized carbons (Fsp3) is 0.700. The number of aromatic nitrogens is 2. The Bertz CT molecular complexity index is 423. The minimum atomic E-state index is -2.94. The van der Waals surface area contributed by atoms with Crippen LogP contribution in [0.25, 0.3) is 0 Å². The zero-order valence-corrected chi connectivity index (χ0v) is 10.8. The number of nitrogens with zero attached hydrogens (tertiary/aromatic N) is 2. The Hall–Kier alpha value is -0.880. The highest BCUT2D eigenvalue weighted by atomic mass is 32.2. The predicted octanol–water partition coefficient (Wildman–Crippen LogP) is 0.333. The first-order valence-electron chi connectivity index (χ1n) is 5.32. The number of nitrogens with one attached hydrogen (secondary N) is 1. The van der Waals surface area contributed by atoms with Crippen LogP contribution in [0.1, 0.15) is 19.5 Å². The van der Waals surface area contributed by atoms with Gasteiger partial charge in [-0.1, -0.05) is 0 Å². The molecule has 5 nitrogen and oxygen atoms in total. The van der Waals surface area contributed by atoms with Crippen molar-refractivity contribution in [2.45, 2.75) is 25.6 Å². The summed E-state index contributed by atoms with van der Waals surface area (Å²) in [4.78, 5) is 0. The highest BCUT2D eigenvalue weighted by Crippen LogP contribution is 1.99. The Morgan fingerprint density at radius 1 is 1.50 bits per heavy atom. The molecule has 0 atom stereocenters. The molecule has 0 amide bonds. The van der Waals surface area contributed by atoms with Crippen LogP contribution in [0.3, 0.4) is 0 Å². The van der Waals surface area contributed by atoms with Gasteiger partial charge >= 0.3 is 0 Å². The van der Waals surface area contributed by atoms with Crippen LogP contribution in [0.2, 0.25) is 0 Å². The lowest BCUT2D eigenvalue weighted by molar-refractivity contribution is 0.581. The Morgan fingerprint density at radius 2 is 2.19 bits per heavy atom. The van der Waals surface area contributed by atoms with Crippen LogP contribution in [0.5, 0.6) is 0 Å². The minimum Gasteiger partial charge on any atom is -0.310 e. The molecule has 0 aromatic carbocycles. The summed E-state index contributed by atoms with van der Waals surface area (Å²) in [5.41, 5.74) is 0.921. The Balaban J connectivity index is 2.27. The molecule has 0 spiro atoms. The number of aryl methyl sites for hydroxylation is 1. The van der Waals surface area contributed by atoms with E-state index in [9.17, 15) is 8.42 Å². The van der Waals surface area contributed by atoms with Crippen LogP contribution in [-0.2, 0) is 23.4 Å². The van der Waals surface area contributed by atoms with Crippen molar-refractivity contribution >= 4 is 9.84 Å². The molecule has 0 saturated heterocycles. The summed E-state index contributed by atoms with van der Waals surface area (Å²) < 4.78 is 24.7. The Kier molecular flexibility index (Phi) is 4.49. The maximum absolute atomic E-state index is 11.5. The molecule has 0 fully saturated rings. The summed E-state index contributed by atoms with van der Waals surface area (Å²) in [7, 11) is -1.08. The van der Waals surface area contributed by atoms with Gasteiger partial charge in [0.2, 0.25) is 0 Å². The zero-order valence-electron chi connectivity index (χ0n) is 9.97. The topological polar surface area (TPSA) is 64.0 Å². The van der Waals surface area contributed by atoms with Gasteiger partial charge in [0.15, 0.2) is 9.84 Å². The van der Waals surface area contributed by atoms with E-state index in [-0.39, 0.29) is 11.0 Å². The molecule has 1 rings (SSSR count). The summed E-state index contributed by atoms with van der Waals surface area (Å²) in [6.07, 6.45) is 1.86. The summed E-state index contributed by atoms with van der Waals surface area (Å²) in [5, 5.41) is 6.95. The molecule has 1 aromatic heterocycles. The number of hydrogen-bond donors (Lipinski definition) is 1. The monoisotopic (exact) mass is 245 g/mol. The van der Waals surface area contributed by atoms with E-state index in [1.54, 1.807) is 18.5 Å². The molecule has 0 aliphatic carbocycles. The van der Waals surface area contributed by atoms with Crippen LogP contribution >= 0.6 is 0 Å². The quantitative estimate of drug-likeness (QED) is 0.734. The molecule has 0 aliphatic rings. The third-order valence-corrected chi connectivity index (χ3v) is 4.57. The molecule has 6 heteroatoms. The SMILES string of the molecule is CC(C)S(=O)(=O)CCNCc1ccn(C)n1. The van der Waals surface area contributed by atoms with Crippen molar-refractivity contribution in [1.82, 2.24) is 15.1 Å². The van der Waals surface area contributed by atoms with Crippen LogP contribution in [0.15, 0.2) is 12.3 Å². The van der Waals surface area contributed by atoms with Gasteiger partial charge in [0, 0.05) is 26.3 Å². The second-order valence-corrected chi connectivity index (χ2v) is 6.75. The second-order valence-electron chi connectivity index (χ2n) is 4.07. The average molecular weight is 245 g/mol. The first-order valence-corrected chi connectivity index (χ1v) is 7.04. The van der Waals surface area contributed by atoms with Crippen molar-refractivity contribution in [2.75, 3.05) is 12.3 Å². The van der Waals surface area contributed by atoms with Gasteiger partial charge in [0.05, 0.1) is 16.7 Å². The summed E-state index contributed by atoms with van der Waals surface area (Å²) >= 11 is 0. The molecule has 0 radical (unpaired) electrons. The molecule has 92 valence electrons. The van der Waals surface area contributed by atoms with E-state index in [0.29, 0.717) is 13.1 Å². The first kappa shape index (κ1) is 13.2. The van der Waals surface area contributed by atoms with Gasteiger partial charge < -0.3 is 5.32 Å². The van der Waals surface area contributed by atoms with Crippen LogP contribution in [-0.4, -0.2) is 35.7 Å². The first-order chi connectivity index (χ1) is 7.42. The van der Waals surface area contributed by atoms with Gasteiger partial charge in [-0.25, -0.2) is 8.42 Å². The Morgan fingerprint density at radius 3 is 2.69 bits per heavy atom. The fourth-order valence-electron chi connectivity index (χ4n) is 1.22. The lowest BCUT2D eigenvalue weighted by Crippen LogP contribution is -2.27. The molecule has 0 saturated carbocycles. The molecule has 1 heterocycles. The number of hydrogen-bond acceptors (Lipinski definition) is 4. The van der Waals surface area contributed by atoms with Gasteiger partial charge in [-0.15, -0.1) is 0 Å². The van der Waals surface area contributed by atoms with Gasteiger partial charge in [0.1, 0.15) is 0 Å². The average Bonchev–Trinajstić information content (AvgIpc) is 2.59. The molecule has 0 aliphatic heterocycles. The number of rotatable bonds is 6. The van der Waals surface area contributed by atoms with E-state index in [2.05, 4.69) is 10.4 Å². The van der Waals surface area contributed by atoms with Crippen molar-refractivity contribution in [3.8, 4) is 0 Å². The largest absolute Gasteiger partial charge is 0.310 e. The smallest absolute Gasteiger partial charge is 0.153 e. The fourth-order valence-corrected chi connectivity index (χ4v) is 2.12. The van der Waals surface area contributed by atoms with Gasteiger partial charge in [-0.3, -0.25) is 4.68 Å². The third-order valence-electron chi connectivity index (χ3n) is 2.36. The summed E-state index contributed by atoms with van der Waals surface area (Å²) in [5.74, 6) is 0.178. The lowest BCUT2D eigenvalue weighted by atomic mass is 10.4. The summed E-state index contributed by atoms with van der Waals surface area (Å²) in [6, 6.07) is 1.91. The van der Waals surface area contributed by atoms with Crippen LogP contribution < -0.4 is 5.32 Å². The highest BCUT2D eigenvalue weighted by Gasteiger charge is 2.14. The molecule has 16 heavy (non-hydrogen) atoms. The maximum Gasteiger partial charge on any atom is 0.153 e. The highest BCUT2D eigenvalue weighted by molar-refractivity contribution is 7.92. The zero-order chi connectivity index (χ0) is 12.2. The van der Waals surface area contributed by atoms with Crippen molar-refractivity contribution < 1.29 is 8.42 Å². The predicted molar refractivity (Wildman–Crippen MR) is 63.8 cm³/mol. The van der Waals surface area contributed by atoms with Crippen LogP contribution in [0, 0.1) is 0 Å². The van der Waals surface area contributed by atoms with Crippen molar-refractivity contribution in [1.29, 1.82) is 0 Å². The normalized spacial score (nSPS) is 12.2. The van der Waals surface area contributed by atoms with Gasteiger partial charge in [0.25, 0.3) is 0 Å². The molecule has 1 N–H and O–H groups in total. The molecule has 1 aromatic rings. The van der Waals surface area contributed by atoms with E-state index in [1.165, 1.54) is 0 Å². The van der Waals surface area contributed by atoms with E-state index >= 15 is 0 Å². The molecule has 0 bridgehead atoms. The van der Waals surface area contributed by atoms with Crippen molar-refractivity contribution in [2.24, 2.45) is 7.05 Å². The van der Waals surface area contributed by atoms with Gasteiger partial charge in [-0.05, 0) is 19.9 Å². The minimum absolute atomic E-state index is 0.178.